The van der Waals surface area contributed by atoms with Gasteiger partial charge in [0.1, 0.15) is 0 Å². The summed E-state index contributed by atoms with van der Waals surface area (Å²) in [4.78, 5) is 17.6. The van der Waals surface area contributed by atoms with E-state index >= 15 is 0 Å². The summed E-state index contributed by atoms with van der Waals surface area (Å²) in [5, 5.41) is 7.10. The maximum Gasteiger partial charge on any atom is 0.164 e. The number of fused-ring (bicyclic) bond motifs is 5. The molecular formula is C49H31N5. The van der Waals surface area contributed by atoms with Crippen molar-refractivity contribution in [3.05, 3.63) is 188 Å². The van der Waals surface area contributed by atoms with E-state index in [2.05, 4.69) is 161 Å². The normalized spacial score (nSPS) is 11.7. The zero-order valence-corrected chi connectivity index (χ0v) is 29.1. The zero-order chi connectivity index (χ0) is 35.6. The minimum Gasteiger partial charge on any atom is -0.310 e. The number of anilines is 3. The first-order chi connectivity index (χ1) is 26.8. The molecule has 0 radical (unpaired) electrons. The molecule has 0 amide bonds. The van der Waals surface area contributed by atoms with E-state index in [1.807, 2.05) is 36.4 Å². The van der Waals surface area contributed by atoms with Crippen molar-refractivity contribution in [1.82, 2.24) is 19.4 Å². The Bertz CT molecular complexity index is 3040. The zero-order valence-electron chi connectivity index (χ0n) is 29.1. The highest BCUT2D eigenvalue weighted by atomic mass is 15.1. The van der Waals surface area contributed by atoms with Gasteiger partial charge < -0.3 is 9.30 Å². The number of hydrogen-bond acceptors (Lipinski definition) is 4. The standard InChI is InChI=1S/C49H31N5/c1-5-16-32(17-6-1)47-50-48(33-18-7-2-8-19-33)52-49(51-47)40-28-29-44-45-38(40)25-15-26-39(45)42-31-36(30-41-37-24-13-14-27-43(37)54(44)46(41)42)53(34-20-9-3-10-21-34)35-22-11-4-12-23-35/h1-31H. The van der Waals surface area contributed by atoms with Gasteiger partial charge >= 0.3 is 0 Å². The van der Waals surface area contributed by atoms with Crippen LogP contribution < -0.4 is 4.90 Å². The molecule has 3 heterocycles. The van der Waals surface area contributed by atoms with Gasteiger partial charge in [0.15, 0.2) is 17.5 Å². The SMILES string of the molecule is c1ccc(-c2nc(-c3ccccc3)nc(-c3ccc4c5c3cccc5c3cc(N(c5ccccc5)c5ccccc5)cc5c6ccccc6n4c35)n2)cc1. The van der Waals surface area contributed by atoms with E-state index in [9.17, 15) is 0 Å². The lowest BCUT2D eigenvalue weighted by Crippen LogP contribution is -2.09. The Labute approximate surface area is 311 Å². The quantitative estimate of drug-likeness (QED) is 0.129. The van der Waals surface area contributed by atoms with Crippen LogP contribution >= 0.6 is 0 Å². The molecule has 11 rings (SSSR count). The van der Waals surface area contributed by atoms with E-state index in [4.69, 9.17) is 15.0 Å². The Morgan fingerprint density at radius 3 is 1.48 bits per heavy atom. The average Bonchev–Trinajstić information content (AvgIpc) is 3.58. The van der Waals surface area contributed by atoms with E-state index in [1.165, 1.54) is 38.0 Å². The van der Waals surface area contributed by atoms with Crippen LogP contribution in [-0.4, -0.2) is 19.4 Å². The molecule has 5 nitrogen and oxygen atoms in total. The largest absolute Gasteiger partial charge is 0.310 e. The third-order valence-corrected chi connectivity index (χ3v) is 10.5. The van der Waals surface area contributed by atoms with Gasteiger partial charge in [-0.1, -0.05) is 133 Å². The first-order valence-corrected chi connectivity index (χ1v) is 18.2. The van der Waals surface area contributed by atoms with Gasteiger partial charge in [0.05, 0.1) is 16.6 Å². The van der Waals surface area contributed by atoms with Crippen LogP contribution in [0.1, 0.15) is 0 Å². The predicted molar refractivity (Wildman–Crippen MR) is 223 cm³/mol. The molecule has 0 aliphatic heterocycles. The first kappa shape index (κ1) is 30.3. The van der Waals surface area contributed by atoms with Gasteiger partial charge in [-0.05, 0) is 65.4 Å². The van der Waals surface area contributed by atoms with Crippen LogP contribution in [0.25, 0.3) is 83.0 Å². The predicted octanol–water partition coefficient (Wildman–Crippen LogP) is 12.6. The molecule has 0 fully saturated rings. The van der Waals surface area contributed by atoms with E-state index < -0.39 is 0 Å². The Morgan fingerprint density at radius 2 is 0.852 bits per heavy atom. The maximum absolute atomic E-state index is 5.14. The number of nitrogens with zero attached hydrogens (tertiary/aromatic N) is 5. The van der Waals surface area contributed by atoms with Crippen LogP contribution in [0.3, 0.4) is 0 Å². The summed E-state index contributed by atoms with van der Waals surface area (Å²) in [7, 11) is 0. The first-order valence-electron chi connectivity index (χ1n) is 18.2. The second-order valence-corrected chi connectivity index (χ2v) is 13.6. The van der Waals surface area contributed by atoms with Crippen LogP contribution in [-0.2, 0) is 0 Å². The highest BCUT2D eigenvalue weighted by Gasteiger charge is 2.23. The number of pyridine rings is 1. The third-order valence-electron chi connectivity index (χ3n) is 10.5. The van der Waals surface area contributed by atoms with E-state index in [0.29, 0.717) is 17.5 Å². The molecule has 0 unspecified atom stereocenters. The molecule has 0 bridgehead atoms. The minimum atomic E-state index is 0.646. The monoisotopic (exact) mass is 689 g/mol. The summed E-state index contributed by atoms with van der Waals surface area (Å²) < 4.78 is 2.45. The van der Waals surface area contributed by atoms with E-state index in [-0.39, 0.29) is 0 Å². The molecular weight excluding hydrogens is 659 g/mol. The van der Waals surface area contributed by atoms with Gasteiger partial charge in [-0.25, -0.2) is 15.0 Å². The second-order valence-electron chi connectivity index (χ2n) is 13.6. The van der Waals surface area contributed by atoms with Crippen molar-refractivity contribution in [1.29, 1.82) is 0 Å². The van der Waals surface area contributed by atoms with Crippen LogP contribution in [0.2, 0.25) is 0 Å². The highest BCUT2D eigenvalue weighted by molar-refractivity contribution is 6.29. The number of benzene rings is 8. The van der Waals surface area contributed by atoms with Gasteiger partial charge in [-0.2, -0.15) is 0 Å². The molecule has 54 heavy (non-hydrogen) atoms. The average molecular weight is 690 g/mol. The van der Waals surface area contributed by atoms with Crippen molar-refractivity contribution in [3.63, 3.8) is 0 Å². The third kappa shape index (κ3) is 4.69. The van der Waals surface area contributed by atoms with E-state index in [1.54, 1.807) is 0 Å². The van der Waals surface area contributed by atoms with Crippen molar-refractivity contribution in [2.45, 2.75) is 0 Å². The lowest BCUT2D eigenvalue weighted by Gasteiger charge is -2.26. The molecule has 0 N–H and O–H groups in total. The number of hydrogen-bond donors (Lipinski definition) is 0. The smallest absolute Gasteiger partial charge is 0.164 e. The van der Waals surface area contributed by atoms with Crippen LogP contribution in [0.4, 0.5) is 17.1 Å². The summed E-state index contributed by atoms with van der Waals surface area (Å²) in [5.74, 6) is 1.94. The number of para-hydroxylation sites is 3. The molecule has 252 valence electrons. The van der Waals surface area contributed by atoms with Crippen molar-refractivity contribution in [2.75, 3.05) is 4.90 Å². The van der Waals surface area contributed by atoms with Gasteiger partial charge in [0, 0.05) is 55.3 Å². The summed E-state index contributed by atoms with van der Waals surface area (Å²) in [6.07, 6.45) is 0. The molecule has 0 saturated heterocycles. The molecule has 8 aromatic carbocycles. The number of aromatic nitrogens is 4. The topological polar surface area (TPSA) is 46.3 Å². The maximum atomic E-state index is 5.14. The summed E-state index contributed by atoms with van der Waals surface area (Å²) in [6, 6.07) is 66.2. The van der Waals surface area contributed by atoms with Gasteiger partial charge in [-0.15, -0.1) is 0 Å². The van der Waals surface area contributed by atoms with Crippen LogP contribution in [0, 0.1) is 0 Å². The second kappa shape index (κ2) is 12.1. The molecule has 0 saturated carbocycles. The van der Waals surface area contributed by atoms with E-state index in [0.717, 1.165) is 44.7 Å². The van der Waals surface area contributed by atoms with Crippen molar-refractivity contribution in [3.8, 4) is 34.2 Å². The van der Waals surface area contributed by atoms with Crippen molar-refractivity contribution in [2.24, 2.45) is 0 Å². The van der Waals surface area contributed by atoms with Gasteiger partial charge in [-0.3, -0.25) is 0 Å². The molecule has 11 aromatic rings. The fraction of sp³-hybridized carbons (Fsp3) is 0. The van der Waals surface area contributed by atoms with Crippen LogP contribution in [0.5, 0.6) is 0 Å². The Balaban J connectivity index is 1.23. The lowest BCUT2D eigenvalue weighted by atomic mass is 9.95. The molecule has 0 atom stereocenters. The summed E-state index contributed by atoms with van der Waals surface area (Å²) in [5.41, 5.74) is 9.73. The molecule has 3 aromatic heterocycles. The van der Waals surface area contributed by atoms with Gasteiger partial charge in [0.2, 0.25) is 0 Å². The van der Waals surface area contributed by atoms with Crippen molar-refractivity contribution < 1.29 is 0 Å². The minimum absolute atomic E-state index is 0.646. The Morgan fingerprint density at radius 1 is 0.352 bits per heavy atom. The van der Waals surface area contributed by atoms with Gasteiger partial charge in [0.25, 0.3) is 0 Å². The molecule has 0 aliphatic rings. The molecule has 5 heteroatoms. The molecule has 0 spiro atoms. The fourth-order valence-corrected chi connectivity index (χ4v) is 8.19. The summed E-state index contributed by atoms with van der Waals surface area (Å²) in [6.45, 7) is 0. The highest BCUT2D eigenvalue weighted by Crippen LogP contribution is 2.46. The number of rotatable bonds is 6. The Hall–Kier alpha value is -7.37. The molecule has 0 aliphatic carbocycles. The fourth-order valence-electron chi connectivity index (χ4n) is 8.19. The Kier molecular flexibility index (Phi) is 6.79. The van der Waals surface area contributed by atoms with Crippen LogP contribution in [0.15, 0.2) is 188 Å². The lowest BCUT2D eigenvalue weighted by molar-refractivity contribution is 1.08. The van der Waals surface area contributed by atoms with Crippen molar-refractivity contribution >= 4 is 65.9 Å². The summed E-state index contributed by atoms with van der Waals surface area (Å²) >= 11 is 0.